The van der Waals surface area contributed by atoms with Crippen LogP contribution in [0.15, 0.2) is 35.3 Å². The van der Waals surface area contributed by atoms with Gasteiger partial charge in [0.05, 0.1) is 6.61 Å². The topological polar surface area (TPSA) is 71.2 Å². The SMILES string of the molecule is Cc1cc(C)c(C)c(OCCCNC(=O)c2cc[nH]c(=O)c2)c1. The van der Waals surface area contributed by atoms with E-state index >= 15 is 0 Å². The van der Waals surface area contributed by atoms with Gasteiger partial charge < -0.3 is 15.0 Å². The van der Waals surface area contributed by atoms with Crippen LogP contribution in [0.4, 0.5) is 0 Å². The van der Waals surface area contributed by atoms with E-state index in [1.807, 2.05) is 19.9 Å². The first-order valence-electron chi connectivity index (χ1n) is 7.65. The Morgan fingerprint density at radius 1 is 1.22 bits per heavy atom. The van der Waals surface area contributed by atoms with Crippen molar-refractivity contribution in [3.63, 3.8) is 0 Å². The van der Waals surface area contributed by atoms with Gasteiger partial charge in [0, 0.05) is 24.4 Å². The second kappa shape index (κ2) is 7.63. The van der Waals surface area contributed by atoms with E-state index in [-0.39, 0.29) is 11.5 Å². The number of carbonyl (C=O) groups is 1. The number of rotatable bonds is 6. The van der Waals surface area contributed by atoms with Gasteiger partial charge in [-0.1, -0.05) is 6.07 Å². The lowest BCUT2D eigenvalue weighted by Gasteiger charge is -2.12. The lowest BCUT2D eigenvalue weighted by atomic mass is 10.1. The molecule has 2 aromatic rings. The van der Waals surface area contributed by atoms with Crippen LogP contribution in [0.1, 0.15) is 33.5 Å². The second-order valence-electron chi connectivity index (χ2n) is 5.60. The zero-order valence-electron chi connectivity index (χ0n) is 13.7. The molecule has 23 heavy (non-hydrogen) atoms. The van der Waals surface area contributed by atoms with Gasteiger partial charge in [-0.2, -0.15) is 0 Å². The van der Waals surface area contributed by atoms with Crippen LogP contribution in [-0.2, 0) is 0 Å². The fourth-order valence-electron chi connectivity index (χ4n) is 2.29. The summed E-state index contributed by atoms with van der Waals surface area (Å²) in [5, 5.41) is 2.78. The molecule has 0 aliphatic heterocycles. The van der Waals surface area contributed by atoms with Crippen LogP contribution >= 0.6 is 0 Å². The highest BCUT2D eigenvalue weighted by atomic mass is 16.5. The molecule has 0 aliphatic carbocycles. The third kappa shape index (κ3) is 4.71. The van der Waals surface area contributed by atoms with Crippen LogP contribution < -0.4 is 15.6 Å². The molecule has 2 N–H and O–H groups in total. The predicted molar refractivity (Wildman–Crippen MR) is 90.2 cm³/mol. The van der Waals surface area contributed by atoms with Gasteiger partial charge in [-0.3, -0.25) is 9.59 Å². The van der Waals surface area contributed by atoms with Gasteiger partial charge in [0.2, 0.25) is 5.56 Å². The normalized spacial score (nSPS) is 10.4. The number of aryl methyl sites for hydroxylation is 2. The number of pyridine rings is 1. The van der Waals surface area contributed by atoms with Crippen molar-refractivity contribution in [3.8, 4) is 5.75 Å². The summed E-state index contributed by atoms with van der Waals surface area (Å²) in [6.45, 7) is 7.17. The van der Waals surface area contributed by atoms with Crippen molar-refractivity contribution in [2.45, 2.75) is 27.2 Å². The Kier molecular flexibility index (Phi) is 5.57. The van der Waals surface area contributed by atoms with Crippen molar-refractivity contribution in [2.24, 2.45) is 0 Å². The Morgan fingerprint density at radius 3 is 2.74 bits per heavy atom. The van der Waals surface area contributed by atoms with Crippen LogP contribution in [0.3, 0.4) is 0 Å². The number of carbonyl (C=O) groups excluding carboxylic acids is 1. The molecule has 2 rings (SSSR count). The van der Waals surface area contributed by atoms with E-state index in [4.69, 9.17) is 4.74 Å². The average molecular weight is 314 g/mol. The molecule has 1 amide bonds. The van der Waals surface area contributed by atoms with E-state index in [0.29, 0.717) is 25.1 Å². The van der Waals surface area contributed by atoms with Crippen molar-refractivity contribution in [3.05, 3.63) is 63.1 Å². The minimum atomic E-state index is -0.286. The smallest absolute Gasteiger partial charge is 0.251 e. The molecule has 1 heterocycles. The number of hydrogen-bond acceptors (Lipinski definition) is 3. The number of aromatic amines is 1. The highest BCUT2D eigenvalue weighted by Gasteiger charge is 2.06. The first-order chi connectivity index (χ1) is 11.0. The number of benzene rings is 1. The van der Waals surface area contributed by atoms with Crippen LogP contribution in [0.5, 0.6) is 5.75 Å². The molecule has 0 radical (unpaired) electrons. The Balaban J connectivity index is 1.78. The van der Waals surface area contributed by atoms with Crippen LogP contribution in [0.25, 0.3) is 0 Å². The summed E-state index contributed by atoms with van der Waals surface area (Å²) in [7, 11) is 0. The predicted octanol–water partition coefficient (Wildman–Crippen LogP) is 2.50. The number of H-pyrrole nitrogens is 1. The summed E-state index contributed by atoms with van der Waals surface area (Å²) in [6.07, 6.45) is 2.16. The number of nitrogens with one attached hydrogen (secondary N) is 2. The highest BCUT2D eigenvalue weighted by molar-refractivity contribution is 5.93. The average Bonchev–Trinajstić information content (AvgIpc) is 2.51. The summed E-state index contributed by atoms with van der Waals surface area (Å²) in [5.74, 6) is 0.641. The standard InChI is InChI=1S/C18H22N2O3/c1-12-9-13(2)14(3)16(10-12)23-8-4-6-20-18(22)15-5-7-19-17(21)11-15/h5,7,9-11H,4,6,8H2,1-3H3,(H,19,21)(H,20,22). The van der Waals surface area contributed by atoms with Crippen molar-refractivity contribution < 1.29 is 9.53 Å². The molecule has 5 nitrogen and oxygen atoms in total. The van der Waals surface area contributed by atoms with E-state index in [9.17, 15) is 9.59 Å². The number of hydrogen-bond donors (Lipinski definition) is 2. The summed E-state index contributed by atoms with van der Waals surface area (Å²) in [4.78, 5) is 25.5. The molecule has 0 saturated carbocycles. The lowest BCUT2D eigenvalue weighted by Crippen LogP contribution is -2.26. The van der Waals surface area contributed by atoms with Gasteiger partial charge in [0.1, 0.15) is 5.75 Å². The van der Waals surface area contributed by atoms with Crippen LogP contribution in [0.2, 0.25) is 0 Å². The minimum Gasteiger partial charge on any atom is -0.493 e. The second-order valence-corrected chi connectivity index (χ2v) is 5.60. The zero-order chi connectivity index (χ0) is 16.8. The van der Waals surface area contributed by atoms with Crippen molar-refractivity contribution >= 4 is 5.91 Å². The van der Waals surface area contributed by atoms with Gasteiger partial charge in [-0.05, 0) is 56.0 Å². The van der Waals surface area contributed by atoms with E-state index in [1.165, 1.54) is 23.4 Å². The van der Waals surface area contributed by atoms with Crippen molar-refractivity contribution in [2.75, 3.05) is 13.2 Å². The molecule has 0 spiro atoms. The molecule has 0 saturated heterocycles. The molecular weight excluding hydrogens is 292 g/mol. The molecular formula is C18H22N2O3. The van der Waals surface area contributed by atoms with Gasteiger partial charge in [-0.25, -0.2) is 0 Å². The molecule has 1 aromatic carbocycles. The lowest BCUT2D eigenvalue weighted by molar-refractivity contribution is 0.0951. The van der Waals surface area contributed by atoms with E-state index in [0.717, 1.165) is 11.3 Å². The number of ether oxygens (including phenoxy) is 1. The maximum absolute atomic E-state index is 11.9. The van der Waals surface area contributed by atoms with Gasteiger partial charge >= 0.3 is 0 Å². The number of amides is 1. The molecule has 0 aliphatic rings. The van der Waals surface area contributed by atoms with Crippen molar-refractivity contribution in [1.29, 1.82) is 0 Å². The maximum atomic E-state index is 11.9. The first-order valence-corrected chi connectivity index (χ1v) is 7.65. The Bertz CT molecular complexity index is 750. The largest absolute Gasteiger partial charge is 0.493 e. The highest BCUT2D eigenvalue weighted by Crippen LogP contribution is 2.23. The zero-order valence-corrected chi connectivity index (χ0v) is 13.7. The molecule has 122 valence electrons. The van der Waals surface area contributed by atoms with Gasteiger partial charge in [0.15, 0.2) is 0 Å². The summed E-state index contributed by atoms with van der Waals surface area (Å²) >= 11 is 0. The van der Waals surface area contributed by atoms with Crippen molar-refractivity contribution in [1.82, 2.24) is 10.3 Å². The summed E-state index contributed by atoms with van der Waals surface area (Å²) < 4.78 is 5.80. The summed E-state index contributed by atoms with van der Waals surface area (Å²) in [6, 6.07) is 7.01. The minimum absolute atomic E-state index is 0.251. The fourth-order valence-corrected chi connectivity index (χ4v) is 2.29. The molecule has 0 unspecified atom stereocenters. The summed E-state index contributed by atoms with van der Waals surface area (Å²) in [5.41, 5.74) is 3.60. The molecule has 0 fully saturated rings. The monoisotopic (exact) mass is 314 g/mol. The third-order valence-corrected chi connectivity index (χ3v) is 3.67. The molecule has 0 bridgehead atoms. The van der Waals surface area contributed by atoms with Gasteiger partial charge in [-0.15, -0.1) is 0 Å². The molecule has 5 heteroatoms. The molecule has 0 atom stereocenters. The molecule has 1 aromatic heterocycles. The van der Waals surface area contributed by atoms with Crippen LogP contribution in [0, 0.1) is 20.8 Å². The van der Waals surface area contributed by atoms with E-state index < -0.39 is 0 Å². The fraction of sp³-hybridized carbons (Fsp3) is 0.333. The third-order valence-electron chi connectivity index (χ3n) is 3.67. The van der Waals surface area contributed by atoms with E-state index in [1.54, 1.807) is 6.07 Å². The quantitative estimate of drug-likeness (QED) is 0.805. The number of aromatic nitrogens is 1. The Labute approximate surface area is 135 Å². The Morgan fingerprint density at radius 2 is 2.00 bits per heavy atom. The Hall–Kier alpha value is -2.56. The maximum Gasteiger partial charge on any atom is 0.251 e. The first kappa shape index (κ1) is 16.8. The van der Waals surface area contributed by atoms with E-state index in [2.05, 4.69) is 23.3 Å². The van der Waals surface area contributed by atoms with Crippen LogP contribution in [-0.4, -0.2) is 24.0 Å². The van der Waals surface area contributed by atoms with Gasteiger partial charge in [0.25, 0.3) is 5.91 Å².